The fourth-order valence-corrected chi connectivity index (χ4v) is 4.71. The Morgan fingerprint density at radius 1 is 1.33 bits per heavy atom. The van der Waals surface area contributed by atoms with Gasteiger partial charge in [0.15, 0.2) is 9.84 Å². The molecule has 8 heteroatoms. The summed E-state index contributed by atoms with van der Waals surface area (Å²) in [6.07, 6.45) is 1.28. The van der Waals surface area contributed by atoms with Gasteiger partial charge in [-0.05, 0) is 51.2 Å². The van der Waals surface area contributed by atoms with Crippen LogP contribution in [0.15, 0.2) is 33.6 Å². The van der Waals surface area contributed by atoms with Gasteiger partial charge in [-0.25, -0.2) is 13.2 Å². The predicted octanol–water partition coefficient (Wildman–Crippen LogP) is 1.96. The molecular formula is C16H24BrN3O3S. The fraction of sp³-hybridized carbons (Fsp3) is 0.562. The van der Waals surface area contributed by atoms with Crippen LogP contribution in [-0.4, -0.2) is 69.8 Å². The van der Waals surface area contributed by atoms with Gasteiger partial charge >= 0.3 is 6.03 Å². The molecule has 1 aliphatic rings. The van der Waals surface area contributed by atoms with Crippen molar-refractivity contribution in [3.05, 3.63) is 28.7 Å². The second kappa shape index (κ2) is 8.31. The van der Waals surface area contributed by atoms with E-state index < -0.39 is 15.1 Å². The molecule has 0 bridgehead atoms. The SMILES string of the molecule is CN(C)CCNC(=O)N1CCCC(S(=O)(=O)c2ccc(Br)cc2)C1. The van der Waals surface area contributed by atoms with E-state index in [9.17, 15) is 13.2 Å². The number of hydrogen-bond acceptors (Lipinski definition) is 4. The Balaban J connectivity index is 2.01. The van der Waals surface area contributed by atoms with Crippen molar-refractivity contribution in [1.82, 2.24) is 15.1 Å². The molecule has 1 aliphatic heterocycles. The van der Waals surface area contributed by atoms with Gasteiger partial charge in [0.1, 0.15) is 0 Å². The van der Waals surface area contributed by atoms with Crippen LogP contribution in [0.2, 0.25) is 0 Å². The summed E-state index contributed by atoms with van der Waals surface area (Å²) in [6.45, 7) is 2.14. The molecule has 134 valence electrons. The van der Waals surface area contributed by atoms with E-state index in [1.54, 1.807) is 29.2 Å². The summed E-state index contributed by atoms with van der Waals surface area (Å²) in [5, 5.41) is 2.30. The number of carbonyl (C=O) groups excluding carboxylic acids is 1. The van der Waals surface area contributed by atoms with Crippen molar-refractivity contribution >= 4 is 31.8 Å². The van der Waals surface area contributed by atoms with Gasteiger partial charge in [0.2, 0.25) is 0 Å². The average Bonchev–Trinajstić information content (AvgIpc) is 2.55. The Bertz CT molecular complexity index is 662. The highest BCUT2D eigenvalue weighted by Gasteiger charge is 2.33. The number of hydrogen-bond donors (Lipinski definition) is 1. The zero-order chi connectivity index (χ0) is 17.7. The van der Waals surface area contributed by atoms with Crippen LogP contribution in [0.4, 0.5) is 4.79 Å². The number of rotatable bonds is 5. The zero-order valence-corrected chi connectivity index (χ0v) is 16.4. The Labute approximate surface area is 152 Å². The smallest absolute Gasteiger partial charge is 0.317 e. The molecule has 24 heavy (non-hydrogen) atoms. The molecule has 0 aliphatic carbocycles. The maximum atomic E-state index is 12.8. The van der Waals surface area contributed by atoms with Gasteiger partial charge < -0.3 is 15.1 Å². The highest BCUT2D eigenvalue weighted by molar-refractivity contribution is 9.10. The van der Waals surface area contributed by atoms with Gasteiger partial charge in [0.05, 0.1) is 10.1 Å². The fourth-order valence-electron chi connectivity index (χ4n) is 2.69. The summed E-state index contributed by atoms with van der Waals surface area (Å²) in [4.78, 5) is 16.1. The number of likely N-dealkylation sites (tertiary alicyclic amines) is 1. The Kier molecular flexibility index (Phi) is 6.65. The molecule has 1 saturated heterocycles. The summed E-state index contributed by atoms with van der Waals surface area (Å²) >= 11 is 3.31. The van der Waals surface area contributed by atoms with Crippen molar-refractivity contribution in [3.63, 3.8) is 0 Å². The van der Waals surface area contributed by atoms with Crippen LogP contribution in [0, 0.1) is 0 Å². The summed E-state index contributed by atoms with van der Waals surface area (Å²) in [5.41, 5.74) is 0. The minimum Gasteiger partial charge on any atom is -0.337 e. The van der Waals surface area contributed by atoms with E-state index in [0.29, 0.717) is 30.8 Å². The molecule has 1 fully saturated rings. The van der Waals surface area contributed by atoms with Crippen LogP contribution in [0.25, 0.3) is 0 Å². The number of nitrogens with zero attached hydrogens (tertiary/aromatic N) is 2. The number of sulfone groups is 1. The topological polar surface area (TPSA) is 69.7 Å². The lowest BCUT2D eigenvalue weighted by atomic mass is 10.1. The lowest BCUT2D eigenvalue weighted by molar-refractivity contribution is 0.186. The maximum absolute atomic E-state index is 12.8. The van der Waals surface area contributed by atoms with Crippen LogP contribution in [0.5, 0.6) is 0 Å². The van der Waals surface area contributed by atoms with Crippen LogP contribution >= 0.6 is 15.9 Å². The van der Waals surface area contributed by atoms with Gasteiger partial charge in [-0.1, -0.05) is 15.9 Å². The normalized spacial score (nSPS) is 18.7. The minimum atomic E-state index is -3.43. The molecule has 0 aromatic heterocycles. The quantitative estimate of drug-likeness (QED) is 0.794. The highest BCUT2D eigenvalue weighted by Crippen LogP contribution is 2.25. The lowest BCUT2D eigenvalue weighted by Gasteiger charge is -2.32. The molecule has 2 amide bonds. The number of likely N-dealkylation sites (N-methyl/N-ethyl adjacent to an activating group) is 1. The van der Waals surface area contributed by atoms with E-state index in [-0.39, 0.29) is 12.6 Å². The number of urea groups is 1. The van der Waals surface area contributed by atoms with E-state index >= 15 is 0 Å². The molecule has 1 heterocycles. The zero-order valence-electron chi connectivity index (χ0n) is 14.0. The number of piperidine rings is 1. The molecule has 6 nitrogen and oxygen atoms in total. The van der Waals surface area contributed by atoms with Crippen molar-refractivity contribution in [1.29, 1.82) is 0 Å². The van der Waals surface area contributed by atoms with Crippen LogP contribution < -0.4 is 5.32 Å². The molecule has 0 spiro atoms. The third kappa shape index (κ3) is 4.94. The molecule has 1 unspecified atom stereocenters. The van der Waals surface area contributed by atoms with Gasteiger partial charge in [0, 0.05) is 30.7 Å². The first kappa shape index (κ1) is 19.2. The van der Waals surface area contributed by atoms with E-state index in [4.69, 9.17) is 0 Å². The van der Waals surface area contributed by atoms with E-state index in [0.717, 1.165) is 11.0 Å². The second-order valence-electron chi connectivity index (χ2n) is 6.24. The molecule has 0 radical (unpaired) electrons. The maximum Gasteiger partial charge on any atom is 0.317 e. The van der Waals surface area contributed by atoms with Crippen LogP contribution in [0.1, 0.15) is 12.8 Å². The van der Waals surface area contributed by atoms with Crippen molar-refractivity contribution in [3.8, 4) is 0 Å². The Morgan fingerprint density at radius 2 is 2.00 bits per heavy atom. The first-order valence-electron chi connectivity index (χ1n) is 7.97. The predicted molar refractivity (Wildman–Crippen MR) is 97.9 cm³/mol. The molecule has 1 aromatic rings. The molecule has 1 N–H and O–H groups in total. The monoisotopic (exact) mass is 417 g/mol. The third-order valence-electron chi connectivity index (χ3n) is 4.08. The second-order valence-corrected chi connectivity index (χ2v) is 9.39. The molecular weight excluding hydrogens is 394 g/mol. The number of benzene rings is 1. The third-order valence-corrected chi connectivity index (χ3v) is 6.80. The highest BCUT2D eigenvalue weighted by atomic mass is 79.9. The van der Waals surface area contributed by atoms with E-state index in [2.05, 4.69) is 21.2 Å². The van der Waals surface area contributed by atoms with Crippen LogP contribution in [0.3, 0.4) is 0 Å². The van der Waals surface area contributed by atoms with Gasteiger partial charge in [-0.2, -0.15) is 0 Å². The number of nitrogens with one attached hydrogen (secondary N) is 1. The molecule has 1 aromatic carbocycles. The largest absolute Gasteiger partial charge is 0.337 e. The summed E-state index contributed by atoms with van der Waals surface area (Å²) in [7, 11) is 0.447. The average molecular weight is 418 g/mol. The van der Waals surface area contributed by atoms with Crippen molar-refractivity contribution in [2.24, 2.45) is 0 Å². The number of amides is 2. The first-order valence-corrected chi connectivity index (χ1v) is 10.3. The Morgan fingerprint density at radius 3 is 2.62 bits per heavy atom. The van der Waals surface area contributed by atoms with Crippen molar-refractivity contribution in [2.45, 2.75) is 23.0 Å². The van der Waals surface area contributed by atoms with Crippen molar-refractivity contribution < 1.29 is 13.2 Å². The lowest BCUT2D eigenvalue weighted by Crippen LogP contribution is -2.49. The van der Waals surface area contributed by atoms with Gasteiger partial charge in [-0.3, -0.25) is 0 Å². The van der Waals surface area contributed by atoms with Gasteiger partial charge in [0.25, 0.3) is 0 Å². The summed E-state index contributed by atoms with van der Waals surface area (Å²) < 4.78 is 26.4. The molecule has 1 atom stereocenters. The van der Waals surface area contributed by atoms with Crippen LogP contribution in [-0.2, 0) is 9.84 Å². The minimum absolute atomic E-state index is 0.187. The Hall–Kier alpha value is -1.12. The number of halogens is 1. The standard InChI is InChI=1S/C16H24BrN3O3S/c1-19(2)11-9-18-16(21)20-10-3-4-15(12-20)24(22,23)14-7-5-13(17)6-8-14/h5-8,15H,3-4,9-12H2,1-2H3,(H,18,21). The van der Waals surface area contributed by atoms with Crippen molar-refractivity contribution in [2.75, 3.05) is 40.3 Å². The number of carbonyl (C=O) groups is 1. The molecule has 2 rings (SSSR count). The van der Waals surface area contributed by atoms with E-state index in [1.807, 2.05) is 19.0 Å². The van der Waals surface area contributed by atoms with Gasteiger partial charge in [-0.15, -0.1) is 0 Å². The van der Waals surface area contributed by atoms with E-state index in [1.165, 1.54) is 0 Å². The first-order chi connectivity index (χ1) is 11.3. The summed E-state index contributed by atoms with van der Waals surface area (Å²) in [5.74, 6) is 0. The summed E-state index contributed by atoms with van der Waals surface area (Å²) in [6, 6.07) is 6.47. The molecule has 0 saturated carbocycles.